The summed E-state index contributed by atoms with van der Waals surface area (Å²) in [6.07, 6.45) is 0. The summed E-state index contributed by atoms with van der Waals surface area (Å²) < 4.78 is 24.2. The van der Waals surface area contributed by atoms with Crippen LogP contribution in [-0.2, 0) is 16.1 Å². The highest BCUT2D eigenvalue weighted by atomic mass is 19.1. The van der Waals surface area contributed by atoms with Crippen LogP contribution in [0.4, 0.5) is 10.1 Å². The van der Waals surface area contributed by atoms with Crippen LogP contribution in [0.2, 0.25) is 0 Å². The van der Waals surface area contributed by atoms with Gasteiger partial charge in [-0.2, -0.15) is 0 Å². The summed E-state index contributed by atoms with van der Waals surface area (Å²) in [6.45, 7) is 3.10. The number of nitro groups is 1. The number of nitrogens with zero attached hydrogens (tertiary/aromatic N) is 1. The Labute approximate surface area is 166 Å². The third kappa shape index (κ3) is 5.50. The van der Waals surface area contributed by atoms with Gasteiger partial charge < -0.3 is 14.8 Å². The van der Waals surface area contributed by atoms with Crippen LogP contribution in [0.3, 0.4) is 0 Å². The molecule has 1 atom stereocenters. The number of rotatable bonds is 8. The van der Waals surface area contributed by atoms with E-state index in [4.69, 9.17) is 9.47 Å². The zero-order valence-electron chi connectivity index (χ0n) is 16.2. The number of nitrogens with one attached hydrogen (secondary N) is 1. The lowest BCUT2D eigenvalue weighted by molar-refractivity contribution is -0.385. The molecule has 0 unspecified atom stereocenters. The molecule has 2 aromatic carbocycles. The molecule has 0 aliphatic heterocycles. The molecular formula is C20H21FN2O6. The second-order valence-corrected chi connectivity index (χ2v) is 6.54. The van der Waals surface area contributed by atoms with Crippen molar-refractivity contribution in [3.63, 3.8) is 0 Å². The molecule has 0 heterocycles. The fraction of sp³-hybridized carbons (Fsp3) is 0.300. The summed E-state index contributed by atoms with van der Waals surface area (Å²) in [5, 5.41) is 13.4. The number of carbonyl (C=O) groups excluding carboxylic acids is 2. The number of ether oxygens (including phenoxy) is 2. The molecule has 0 radical (unpaired) electrons. The molecule has 2 rings (SSSR count). The first-order chi connectivity index (χ1) is 13.7. The van der Waals surface area contributed by atoms with Gasteiger partial charge in [-0.15, -0.1) is 0 Å². The van der Waals surface area contributed by atoms with E-state index >= 15 is 0 Å². The highest BCUT2D eigenvalue weighted by molar-refractivity contribution is 5.97. The first-order valence-corrected chi connectivity index (χ1v) is 8.78. The summed E-state index contributed by atoms with van der Waals surface area (Å²) in [5.41, 5.74) is -0.0607. The number of non-ortho nitro benzene ring substituents is 1. The van der Waals surface area contributed by atoms with E-state index in [0.717, 1.165) is 6.07 Å². The van der Waals surface area contributed by atoms with Crippen LogP contribution in [0.25, 0.3) is 0 Å². The lowest BCUT2D eigenvalue weighted by Gasteiger charge is -2.21. The number of methoxy groups -OCH3 is 1. The van der Waals surface area contributed by atoms with E-state index in [1.165, 1.54) is 43.5 Å². The Hall–Kier alpha value is -3.49. The van der Waals surface area contributed by atoms with Crippen LogP contribution in [0.15, 0.2) is 42.5 Å². The van der Waals surface area contributed by atoms with Gasteiger partial charge >= 0.3 is 5.97 Å². The number of benzene rings is 2. The minimum absolute atomic E-state index is 0.176. The number of hydrogen-bond acceptors (Lipinski definition) is 6. The number of hydrogen-bond donors (Lipinski definition) is 1. The predicted octanol–water partition coefficient (Wildman–Crippen LogP) is 3.24. The number of esters is 1. The predicted molar refractivity (Wildman–Crippen MR) is 102 cm³/mol. The molecule has 0 bridgehead atoms. The summed E-state index contributed by atoms with van der Waals surface area (Å²) >= 11 is 0. The maximum atomic E-state index is 13.8. The normalized spacial score (nSPS) is 11.6. The standard InChI is InChI=1S/C20H21FN2O6/c1-12(2)18(22-19(24)15-6-4-5-7-16(15)21)20(25)29-11-13-10-14(23(26)27)8-9-17(13)28-3/h4-10,12,18H,11H2,1-3H3,(H,22,24)/t18-/m0/s1. The SMILES string of the molecule is COc1ccc([N+](=O)[O-])cc1COC(=O)[C@@H](NC(=O)c1ccccc1F)C(C)C. The van der Waals surface area contributed by atoms with Gasteiger partial charge in [0.05, 0.1) is 17.6 Å². The summed E-state index contributed by atoms with van der Waals surface area (Å²) in [4.78, 5) is 35.2. The van der Waals surface area contributed by atoms with Crippen molar-refractivity contribution in [3.8, 4) is 5.75 Å². The second kappa shape index (κ2) is 9.63. The second-order valence-electron chi connectivity index (χ2n) is 6.54. The van der Waals surface area contributed by atoms with Crippen molar-refractivity contribution in [1.82, 2.24) is 5.32 Å². The van der Waals surface area contributed by atoms with Crippen molar-refractivity contribution in [2.75, 3.05) is 7.11 Å². The fourth-order valence-corrected chi connectivity index (χ4v) is 2.59. The van der Waals surface area contributed by atoms with Crippen LogP contribution in [0, 0.1) is 21.8 Å². The molecule has 0 saturated carbocycles. The van der Waals surface area contributed by atoms with Gasteiger partial charge in [-0.25, -0.2) is 9.18 Å². The molecule has 2 aromatic rings. The minimum Gasteiger partial charge on any atom is -0.496 e. The Kier molecular flexibility index (Phi) is 7.24. The first kappa shape index (κ1) is 21.8. The quantitative estimate of drug-likeness (QED) is 0.411. The van der Waals surface area contributed by atoms with Crippen LogP contribution >= 0.6 is 0 Å². The van der Waals surface area contributed by atoms with E-state index in [9.17, 15) is 24.1 Å². The van der Waals surface area contributed by atoms with Crippen molar-refractivity contribution in [1.29, 1.82) is 0 Å². The van der Waals surface area contributed by atoms with Gasteiger partial charge in [0.15, 0.2) is 0 Å². The minimum atomic E-state index is -1.04. The van der Waals surface area contributed by atoms with Crippen molar-refractivity contribution in [3.05, 3.63) is 69.5 Å². The van der Waals surface area contributed by atoms with Gasteiger partial charge in [0.1, 0.15) is 24.2 Å². The Bertz CT molecular complexity index is 916. The molecule has 29 heavy (non-hydrogen) atoms. The Morgan fingerprint density at radius 1 is 1.21 bits per heavy atom. The lowest BCUT2D eigenvalue weighted by atomic mass is 10.0. The molecular weight excluding hydrogens is 383 g/mol. The number of halogens is 1. The van der Waals surface area contributed by atoms with E-state index in [-0.39, 0.29) is 23.8 Å². The fourth-order valence-electron chi connectivity index (χ4n) is 2.59. The van der Waals surface area contributed by atoms with E-state index in [0.29, 0.717) is 11.3 Å². The molecule has 0 saturated heterocycles. The van der Waals surface area contributed by atoms with E-state index in [2.05, 4.69) is 5.32 Å². The van der Waals surface area contributed by atoms with Crippen molar-refractivity contribution in [2.24, 2.45) is 5.92 Å². The molecule has 0 spiro atoms. The molecule has 9 heteroatoms. The van der Waals surface area contributed by atoms with Gasteiger partial charge in [0.25, 0.3) is 11.6 Å². The van der Waals surface area contributed by atoms with Crippen LogP contribution in [0.1, 0.15) is 29.8 Å². The van der Waals surface area contributed by atoms with Gasteiger partial charge in [-0.05, 0) is 24.1 Å². The summed E-state index contributed by atoms with van der Waals surface area (Å²) in [7, 11) is 1.39. The molecule has 0 aromatic heterocycles. The van der Waals surface area contributed by atoms with Crippen LogP contribution < -0.4 is 10.1 Å². The molecule has 1 N–H and O–H groups in total. The average Bonchev–Trinajstić information content (AvgIpc) is 2.69. The number of carbonyl (C=O) groups is 2. The third-order valence-corrected chi connectivity index (χ3v) is 4.17. The maximum Gasteiger partial charge on any atom is 0.329 e. The Morgan fingerprint density at radius 2 is 1.90 bits per heavy atom. The van der Waals surface area contributed by atoms with E-state index in [1.54, 1.807) is 13.8 Å². The Balaban J connectivity index is 2.12. The smallest absolute Gasteiger partial charge is 0.329 e. The molecule has 0 aliphatic carbocycles. The first-order valence-electron chi connectivity index (χ1n) is 8.78. The summed E-state index contributed by atoms with van der Waals surface area (Å²) in [5.74, 6) is -2.22. The number of amides is 1. The highest BCUT2D eigenvalue weighted by Crippen LogP contribution is 2.25. The van der Waals surface area contributed by atoms with Crippen molar-refractivity contribution >= 4 is 17.6 Å². The topological polar surface area (TPSA) is 108 Å². The lowest BCUT2D eigenvalue weighted by Crippen LogP contribution is -2.45. The summed E-state index contributed by atoms with van der Waals surface area (Å²) in [6, 6.07) is 8.30. The molecule has 154 valence electrons. The third-order valence-electron chi connectivity index (χ3n) is 4.17. The van der Waals surface area contributed by atoms with Gasteiger partial charge in [-0.3, -0.25) is 14.9 Å². The molecule has 8 nitrogen and oxygen atoms in total. The largest absolute Gasteiger partial charge is 0.496 e. The molecule has 0 fully saturated rings. The van der Waals surface area contributed by atoms with Gasteiger partial charge in [0.2, 0.25) is 0 Å². The molecule has 0 aliphatic rings. The van der Waals surface area contributed by atoms with Crippen LogP contribution in [0.5, 0.6) is 5.75 Å². The van der Waals surface area contributed by atoms with Crippen molar-refractivity contribution in [2.45, 2.75) is 26.5 Å². The Morgan fingerprint density at radius 3 is 2.48 bits per heavy atom. The zero-order chi connectivity index (χ0) is 21.6. The van der Waals surface area contributed by atoms with E-state index in [1.807, 2.05) is 0 Å². The highest BCUT2D eigenvalue weighted by Gasteiger charge is 2.27. The number of nitro benzene ring substituents is 1. The monoisotopic (exact) mass is 404 g/mol. The van der Waals surface area contributed by atoms with Gasteiger partial charge in [-0.1, -0.05) is 26.0 Å². The van der Waals surface area contributed by atoms with Crippen molar-refractivity contribution < 1.29 is 28.4 Å². The van der Waals surface area contributed by atoms with E-state index < -0.39 is 28.7 Å². The maximum absolute atomic E-state index is 13.8. The zero-order valence-corrected chi connectivity index (χ0v) is 16.2. The molecule has 1 amide bonds. The van der Waals surface area contributed by atoms with Crippen LogP contribution in [-0.4, -0.2) is 30.0 Å². The van der Waals surface area contributed by atoms with Gasteiger partial charge in [0, 0.05) is 17.7 Å². The average molecular weight is 404 g/mol.